The van der Waals surface area contributed by atoms with Gasteiger partial charge in [-0.3, -0.25) is 19.7 Å². The first kappa shape index (κ1) is 24.6. The number of nitrogens with one attached hydrogen (secondary N) is 1. The number of likely N-dealkylation sites (tertiary alicyclic amines) is 1. The smallest absolute Gasteiger partial charge is 0.475 e. The van der Waals surface area contributed by atoms with Crippen LogP contribution in [0.15, 0.2) is 35.2 Å². The molecule has 180 valence electrons. The zero-order chi connectivity index (χ0) is 24.0. The first-order valence-corrected chi connectivity index (χ1v) is 10.4. The fraction of sp³-hybridized carbons (Fsp3) is 0.524. The lowest BCUT2D eigenvalue weighted by molar-refractivity contribution is -0.192. The molecule has 0 radical (unpaired) electrons. The summed E-state index contributed by atoms with van der Waals surface area (Å²) in [5.74, 6) is -1.39. The Morgan fingerprint density at radius 2 is 2.06 bits per heavy atom. The molecule has 12 heteroatoms. The summed E-state index contributed by atoms with van der Waals surface area (Å²) in [6, 6.07) is 3.90. The van der Waals surface area contributed by atoms with Crippen molar-refractivity contribution >= 4 is 11.9 Å². The Morgan fingerprint density at radius 3 is 2.67 bits per heavy atom. The topological polar surface area (TPSA) is 118 Å². The summed E-state index contributed by atoms with van der Waals surface area (Å²) < 4.78 is 43.2. The Balaban J connectivity index is 0.000000383. The van der Waals surface area contributed by atoms with E-state index < -0.39 is 12.1 Å². The quantitative estimate of drug-likeness (QED) is 0.684. The number of hydrogen-bond donors (Lipinski definition) is 2. The van der Waals surface area contributed by atoms with E-state index >= 15 is 0 Å². The molecule has 0 bridgehead atoms. The van der Waals surface area contributed by atoms with Crippen LogP contribution < -0.4 is 5.32 Å². The maximum absolute atomic E-state index is 12.5. The van der Waals surface area contributed by atoms with Gasteiger partial charge in [-0.25, -0.2) is 4.79 Å². The van der Waals surface area contributed by atoms with Crippen LogP contribution in [0, 0.1) is 12.8 Å². The highest BCUT2D eigenvalue weighted by molar-refractivity contribution is 5.81. The van der Waals surface area contributed by atoms with Crippen molar-refractivity contribution < 1.29 is 37.0 Å². The Labute approximate surface area is 187 Å². The number of rotatable bonds is 5. The van der Waals surface area contributed by atoms with E-state index in [1.54, 1.807) is 18.7 Å². The number of fused-ring (bicyclic) bond motifs is 1. The standard InChI is InChI=1S/C19H24N4O3.C2HF3O2/c1-13-8-21-15(9-20-13)10-22-19(24)17-7-14-4-5-23(12-18(14)26-17)11-16-3-2-6-25-16;3-2(4,5)1(6)7/h2-3,6,8-9,14,17-18H,4-5,7,10-12H2,1H3,(H,22,24);(H,6,7)/t14-,17+,18+;/m0./s1. The van der Waals surface area contributed by atoms with Crippen molar-refractivity contribution in [2.24, 2.45) is 5.92 Å². The molecule has 2 aliphatic rings. The first-order chi connectivity index (χ1) is 15.6. The van der Waals surface area contributed by atoms with Crippen LogP contribution in [0.3, 0.4) is 0 Å². The molecule has 0 unspecified atom stereocenters. The number of carboxylic acid groups (broad SMARTS) is 1. The zero-order valence-corrected chi connectivity index (χ0v) is 17.9. The van der Waals surface area contributed by atoms with Crippen LogP contribution in [0.25, 0.3) is 0 Å². The molecule has 9 nitrogen and oxygen atoms in total. The fourth-order valence-electron chi connectivity index (χ4n) is 3.73. The SMILES string of the molecule is Cc1cnc(CNC(=O)[C@H]2C[C@@H]3CCN(Cc4ccco4)C[C@H]3O2)cn1.O=C(O)C(F)(F)F. The van der Waals surface area contributed by atoms with E-state index in [0.29, 0.717) is 12.5 Å². The molecule has 4 heterocycles. The maximum atomic E-state index is 12.5. The van der Waals surface area contributed by atoms with Gasteiger partial charge in [0.1, 0.15) is 11.9 Å². The fourth-order valence-corrected chi connectivity index (χ4v) is 3.73. The van der Waals surface area contributed by atoms with E-state index in [4.69, 9.17) is 19.1 Å². The number of piperidine rings is 1. The molecule has 2 aromatic heterocycles. The van der Waals surface area contributed by atoms with Gasteiger partial charge in [0.25, 0.3) is 0 Å². The molecule has 2 aromatic rings. The van der Waals surface area contributed by atoms with Gasteiger partial charge in [-0.2, -0.15) is 13.2 Å². The Morgan fingerprint density at radius 1 is 1.30 bits per heavy atom. The molecule has 2 saturated heterocycles. The van der Waals surface area contributed by atoms with E-state index in [9.17, 15) is 18.0 Å². The molecule has 3 atom stereocenters. The van der Waals surface area contributed by atoms with Crippen LogP contribution >= 0.6 is 0 Å². The van der Waals surface area contributed by atoms with E-state index in [1.807, 2.05) is 19.1 Å². The van der Waals surface area contributed by atoms with Crippen molar-refractivity contribution in [3.63, 3.8) is 0 Å². The maximum Gasteiger partial charge on any atom is 0.490 e. The van der Waals surface area contributed by atoms with E-state index in [2.05, 4.69) is 20.2 Å². The second-order valence-electron chi connectivity index (χ2n) is 7.93. The lowest BCUT2D eigenvalue weighted by Gasteiger charge is -2.33. The summed E-state index contributed by atoms with van der Waals surface area (Å²) in [7, 11) is 0. The molecule has 0 saturated carbocycles. The molecule has 33 heavy (non-hydrogen) atoms. The average molecular weight is 470 g/mol. The number of halogens is 3. The van der Waals surface area contributed by atoms with Gasteiger partial charge in [0.2, 0.25) is 5.91 Å². The second-order valence-corrected chi connectivity index (χ2v) is 7.93. The summed E-state index contributed by atoms with van der Waals surface area (Å²) in [6.07, 6.45) is 1.61. The number of aryl methyl sites for hydroxylation is 1. The summed E-state index contributed by atoms with van der Waals surface area (Å²) in [4.78, 5) is 32.1. The van der Waals surface area contributed by atoms with E-state index in [0.717, 1.165) is 49.6 Å². The Bertz CT molecular complexity index is 921. The van der Waals surface area contributed by atoms with Crippen molar-refractivity contribution in [1.82, 2.24) is 20.2 Å². The molecule has 2 fully saturated rings. The van der Waals surface area contributed by atoms with Gasteiger partial charge in [0.05, 0.1) is 43.0 Å². The molecule has 0 spiro atoms. The number of ether oxygens (including phenoxy) is 1. The van der Waals surface area contributed by atoms with E-state index in [-0.39, 0.29) is 18.1 Å². The molecular formula is C21H25F3N4O5. The molecular weight excluding hydrogens is 445 g/mol. The van der Waals surface area contributed by atoms with Crippen molar-refractivity contribution in [3.8, 4) is 0 Å². The number of carbonyl (C=O) groups is 2. The predicted molar refractivity (Wildman–Crippen MR) is 108 cm³/mol. The van der Waals surface area contributed by atoms with Gasteiger partial charge >= 0.3 is 12.1 Å². The number of carboxylic acids is 1. The Hall–Kier alpha value is -2.99. The molecule has 4 rings (SSSR count). The minimum atomic E-state index is -5.08. The first-order valence-electron chi connectivity index (χ1n) is 10.4. The normalized spacial score (nSPS) is 22.7. The van der Waals surface area contributed by atoms with Crippen molar-refractivity contribution in [3.05, 3.63) is 47.9 Å². The number of alkyl halides is 3. The summed E-state index contributed by atoms with van der Waals surface area (Å²) in [5.41, 5.74) is 1.62. The van der Waals surface area contributed by atoms with Crippen LogP contribution in [0.4, 0.5) is 13.2 Å². The molecule has 1 amide bonds. The lowest BCUT2D eigenvalue weighted by atomic mass is 9.91. The number of aromatic nitrogens is 2. The summed E-state index contributed by atoms with van der Waals surface area (Å²) in [6.45, 7) is 4.92. The molecule has 2 aliphatic heterocycles. The monoisotopic (exact) mass is 470 g/mol. The van der Waals surface area contributed by atoms with Gasteiger partial charge in [-0.1, -0.05) is 0 Å². The van der Waals surface area contributed by atoms with Crippen LogP contribution in [-0.4, -0.2) is 63.3 Å². The zero-order valence-electron chi connectivity index (χ0n) is 17.9. The van der Waals surface area contributed by atoms with E-state index in [1.165, 1.54) is 0 Å². The third-order valence-corrected chi connectivity index (χ3v) is 5.41. The van der Waals surface area contributed by atoms with Gasteiger partial charge in [0.15, 0.2) is 0 Å². The lowest BCUT2D eigenvalue weighted by Crippen LogP contribution is -2.42. The van der Waals surface area contributed by atoms with Crippen molar-refractivity contribution in [1.29, 1.82) is 0 Å². The number of aliphatic carboxylic acids is 1. The van der Waals surface area contributed by atoms with Gasteiger partial charge in [-0.05, 0) is 44.4 Å². The number of amides is 1. The van der Waals surface area contributed by atoms with Crippen molar-refractivity contribution in [2.75, 3.05) is 13.1 Å². The number of nitrogens with zero attached hydrogens (tertiary/aromatic N) is 3. The minimum absolute atomic E-state index is 0.0561. The van der Waals surface area contributed by atoms with Crippen LogP contribution in [0.2, 0.25) is 0 Å². The second kappa shape index (κ2) is 10.8. The highest BCUT2D eigenvalue weighted by Crippen LogP contribution is 2.33. The van der Waals surface area contributed by atoms with Gasteiger partial charge in [0, 0.05) is 12.7 Å². The highest BCUT2D eigenvalue weighted by Gasteiger charge is 2.42. The molecule has 0 aliphatic carbocycles. The average Bonchev–Trinajstić information content (AvgIpc) is 3.42. The van der Waals surface area contributed by atoms with Crippen molar-refractivity contribution in [2.45, 2.75) is 51.2 Å². The third-order valence-electron chi connectivity index (χ3n) is 5.41. The highest BCUT2D eigenvalue weighted by atomic mass is 19.4. The Kier molecular flexibility index (Phi) is 8.03. The molecule has 2 N–H and O–H groups in total. The number of furan rings is 1. The number of hydrogen-bond acceptors (Lipinski definition) is 7. The summed E-state index contributed by atoms with van der Waals surface area (Å²) in [5, 5.41) is 10.0. The largest absolute Gasteiger partial charge is 0.490 e. The van der Waals surface area contributed by atoms with Gasteiger partial charge in [-0.15, -0.1) is 0 Å². The predicted octanol–water partition coefficient (Wildman–Crippen LogP) is 2.31. The van der Waals surface area contributed by atoms with Crippen LogP contribution in [0.5, 0.6) is 0 Å². The number of carbonyl (C=O) groups excluding carboxylic acids is 1. The van der Waals surface area contributed by atoms with Crippen LogP contribution in [-0.2, 0) is 27.4 Å². The van der Waals surface area contributed by atoms with Gasteiger partial charge < -0.3 is 19.6 Å². The molecule has 0 aromatic carbocycles. The third kappa shape index (κ3) is 7.26. The van der Waals surface area contributed by atoms with Crippen LogP contribution in [0.1, 0.15) is 30.0 Å². The minimum Gasteiger partial charge on any atom is -0.475 e. The summed E-state index contributed by atoms with van der Waals surface area (Å²) >= 11 is 0.